The van der Waals surface area contributed by atoms with Crippen molar-refractivity contribution >= 4 is 23.6 Å². The molecule has 1 heterocycles. The molecule has 140 valence electrons. The van der Waals surface area contributed by atoms with Gasteiger partial charge in [0.25, 0.3) is 0 Å². The Morgan fingerprint density at radius 3 is 2.42 bits per heavy atom. The Hall–Kier alpha value is -2.61. The number of aryl methyl sites for hydroxylation is 1. The van der Waals surface area contributed by atoms with E-state index >= 15 is 0 Å². The van der Waals surface area contributed by atoms with E-state index in [9.17, 15) is 9.59 Å². The Bertz CT molecular complexity index is 765. The van der Waals surface area contributed by atoms with Crippen LogP contribution in [-0.4, -0.2) is 34.5 Å². The maximum Gasteiger partial charge on any atom is 0.508 e. The number of hydrogen-bond acceptors (Lipinski definition) is 6. The molecule has 1 aromatic carbocycles. The Kier molecular flexibility index (Phi) is 6.20. The van der Waals surface area contributed by atoms with Crippen molar-refractivity contribution in [2.24, 2.45) is 0 Å². The minimum absolute atomic E-state index is 0.167. The predicted molar refractivity (Wildman–Crippen MR) is 98.4 cm³/mol. The van der Waals surface area contributed by atoms with Crippen molar-refractivity contribution in [1.29, 1.82) is 0 Å². The van der Waals surface area contributed by atoms with Crippen LogP contribution in [0.15, 0.2) is 29.8 Å². The SMILES string of the molecule is Cc1ncsc1-c1ccc([C@H](COC(=O)OC(C)(C)C)NC(=O)O)cc1. The average molecular weight is 378 g/mol. The van der Waals surface area contributed by atoms with Crippen LogP contribution in [0.5, 0.6) is 0 Å². The van der Waals surface area contributed by atoms with Crippen molar-refractivity contribution in [1.82, 2.24) is 10.3 Å². The number of hydrogen-bond donors (Lipinski definition) is 2. The molecule has 0 bridgehead atoms. The lowest BCUT2D eigenvalue weighted by molar-refractivity contribution is -0.0107. The summed E-state index contributed by atoms with van der Waals surface area (Å²) in [6.45, 7) is 6.94. The molecule has 0 aliphatic rings. The highest BCUT2D eigenvalue weighted by molar-refractivity contribution is 7.13. The molecule has 0 aliphatic heterocycles. The maximum absolute atomic E-state index is 11.7. The molecule has 8 heteroatoms. The first kappa shape index (κ1) is 19.7. The summed E-state index contributed by atoms with van der Waals surface area (Å²) >= 11 is 1.54. The van der Waals surface area contributed by atoms with E-state index in [1.165, 1.54) is 0 Å². The molecule has 0 unspecified atom stereocenters. The topological polar surface area (TPSA) is 97.8 Å². The van der Waals surface area contributed by atoms with Gasteiger partial charge in [-0.1, -0.05) is 24.3 Å². The van der Waals surface area contributed by atoms with Crippen molar-refractivity contribution < 1.29 is 24.2 Å². The van der Waals surface area contributed by atoms with Crippen molar-refractivity contribution in [3.63, 3.8) is 0 Å². The summed E-state index contributed by atoms with van der Waals surface area (Å²) in [6.07, 6.45) is -2.04. The van der Waals surface area contributed by atoms with Crippen LogP contribution < -0.4 is 5.32 Å². The fourth-order valence-corrected chi connectivity index (χ4v) is 3.06. The van der Waals surface area contributed by atoms with E-state index in [0.29, 0.717) is 5.56 Å². The van der Waals surface area contributed by atoms with Gasteiger partial charge in [-0.2, -0.15) is 0 Å². The zero-order valence-electron chi connectivity index (χ0n) is 15.1. The van der Waals surface area contributed by atoms with Crippen molar-refractivity contribution in [2.75, 3.05) is 6.61 Å². The Labute approximate surface area is 156 Å². The van der Waals surface area contributed by atoms with Crippen LogP contribution in [0, 0.1) is 6.92 Å². The van der Waals surface area contributed by atoms with Gasteiger partial charge in [-0.15, -0.1) is 11.3 Å². The largest absolute Gasteiger partial charge is 0.508 e. The normalized spacial score (nSPS) is 12.3. The number of ether oxygens (including phenoxy) is 2. The lowest BCUT2D eigenvalue weighted by atomic mass is 10.0. The summed E-state index contributed by atoms with van der Waals surface area (Å²) in [5.74, 6) is 0. The molecule has 0 fully saturated rings. The molecule has 1 aromatic heterocycles. The van der Waals surface area contributed by atoms with E-state index in [-0.39, 0.29) is 6.61 Å². The molecular formula is C18H22N2O5S. The molecule has 2 aromatic rings. The lowest BCUT2D eigenvalue weighted by Crippen LogP contribution is -2.32. The Morgan fingerprint density at radius 1 is 1.27 bits per heavy atom. The number of thiazole rings is 1. The summed E-state index contributed by atoms with van der Waals surface area (Å²) in [6, 6.07) is 6.68. The number of nitrogens with zero attached hydrogens (tertiary/aromatic N) is 1. The number of aromatic nitrogens is 1. The van der Waals surface area contributed by atoms with Crippen LogP contribution >= 0.6 is 11.3 Å². The number of amides is 1. The Balaban J connectivity index is 2.10. The molecular weight excluding hydrogens is 356 g/mol. The van der Waals surface area contributed by atoms with E-state index in [2.05, 4.69) is 10.3 Å². The molecule has 1 atom stereocenters. The van der Waals surface area contributed by atoms with E-state index in [0.717, 1.165) is 16.1 Å². The van der Waals surface area contributed by atoms with Gasteiger partial charge in [0.15, 0.2) is 0 Å². The van der Waals surface area contributed by atoms with Gasteiger partial charge in [0.1, 0.15) is 12.2 Å². The summed E-state index contributed by atoms with van der Waals surface area (Å²) in [7, 11) is 0. The fraction of sp³-hybridized carbons (Fsp3) is 0.389. The molecule has 2 rings (SSSR count). The zero-order chi connectivity index (χ0) is 19.3. The van der Waals surface area contributed by atoms with Gasteiger partial charge in [0, 0.05) is 0 Å². The van der Waals surface area contributed by atoms with Gasteiger partial charge in [-0.3, -0.25) is 0 Å². The summed E-state index contributed by atoms with van der Waals surface area (Å²) in [5.41, 5.74) is 3.72. The van der Waals surface area contributed by atoms with Crippen molar-refractivity contribution in [2.45, 2.75) is 39.3 Å². The van der Waals surface area contributed by atoms with Crippen molar-refractivity contribution in [3.8, 4) is 10.4 Å². The minimum atomic E-state index is -1.20. The molecule has 0 aliphatic carbocycles. The number of rotatable bonds is 5. The molecule has 26 heavy (non-hydrogen) atoms. The molecule has 0 saturated carbocycles. The van der Waals surface area contributed by atoms with Gasteiger partial charge in [-0.25, -0.2) is 14.6 Å². The van der Waals surface area contributed by atoms with E-state index in [1.54, 1.807) is 49.8 Å². The number of carboxylic acid groups (broad SMARTS) is 1. The fourth-order valence-electron chi connectivity index (χ4n) is 2.25. The quantitative estimate of drug-likeness (QED) is 0.749. The highest BCUT2D eigenvalue weighted by Gasteiger charge is 2.21. The van der Waals surface area contributed by atoms with Crippen LogP contribution in [0.4, 0.5) is 9.59 Å². The second-order valence-electron chi connectivity index (χ2n) is 6.67. The highest BCUT2D eigenvalue weighted by atomic mass is 32.1. The smallest absolute Gasteiger partial charge is 0.465 e. The minimum Gasteiger partial charge on any atom is -0.465 e. The third-order valence-corrected chi connectivity index (χ3v) is 4.35. The van der Waals surface area contributed by atoms with E-state index in [4.69, 9.17) is 14.6 Å². The number of carbonyl (C=O) groups is 2. The third-order valence-electron chi connectivity index (χ3n) is 3.38. The maximum atomic E-state index is 11.7. The summed E-state index contributed by atoms with van der Waals surface area (Å²) in [5, 5.41) is 11.4. The second-order valence-corrected chi connectivity index (χ2v) is 7.52. The number of carbonyl (C=O) groups excluding carboxylic acids is 1. The number of benzene rings is 1. The van der Waals surface area contributed by atoms with Crippen LogP contribution in [0.25, 0.3) is 10.4 Å². The van der Waals surface area contributed by atoms with E-state index < -0.39 is 23.9 Å². The van der Waals surface area contributed by atoms with Gasteiger partial charge < -0.3 is 19.9 Å². The van der Waals surface area contributed by atoms with Crippen molar-refractivity contribution in [3.05, 3.63) is 41.0 Å². The molecule has 0 radical (unpaired) electrons. The highest BCUT2D eigenvalue weighted by Crippen LogP contribution is 2.28. The number of nitrogens with one attached hydrogen (secondary N) is 1. The summed E-state index contributed by atoms with van der Waals surface area (Å²) in [4.78, 5) is 28.1. The average Bonchev–Trinajstić information content (AvgIpc) is 2.96. The van der Waals surface area contributed by atoms with E-state index in [1.807, 2.05) is 19.1 Å². The van der Waals surface area contributed by atoms with Gasteiger partial charge in [0.2, 0.25) is 0 Å². The standard InChI is InChI=1S/C18H22N2O5S/c1-11-15(26-10-19-11)13-7-5-12(6-8-13)14(20-16(21)22)9-24-17(23)25-18(2,3)4/h5-8,10,14,20H,9H2,1-4H3,(H,21,22)/t14-/m0/s1. The van der Waals surface area contributed by atoms with Crippen LogP contribution in [0.3, 0.4) is 0 Å². The molecule has 7 nitrogen and oxygen atoms in total. The zero-order valence-corrected chi connectivity index (χ0v) is 15.9. The summed E-state index contributed by atoms with van der Waals surface area (Å²) < 4.78 is 10.1. The van der Waals surface area contributed by atoms with Crippen LogP contribution in [0.2, 0.25) is 0 Å². The van der Waals surface area contributed by atoms with Gasteiger partial charge in [-0.05, 0) is 38.8 Å². The second kappa shape index (κ2) is 8.18. The Morgan fingerprint density at radius 2 is 1.92 bits per heavy atom. The lowest BCUT2D eigenvalue weighted by Gasteiger charge is -2.21. The monoisotopic (exact) mass is 378 g/mol. The molecule has 2 N–H and O–H groups in total. The van der Waals surface area contributed by atoms with Gasteiger partial charge in [0.05, 0.1) is 22.1 Å². The van der Waals surface area contributed by atoms with Gasteiger partial charge >= 0.3 is 12.2 Å². The first-order valence-corrected chi connectivity index (χ1v) is 8.89. The molecule has 0 saturated heterocycles. The predicted octanol–water partition coefficient (Wildman–Crippen LogP) is 4.38. The van der Waals surface area contributed by atoms with Crippen LogP contribution in [-0.2, 0) is 9.47 Å². The molecule has 1 amide bonds. The third kappa shape index (κ3) is 5.73. The van der Waals surface area contributed by atoms with Crippen LogP contribution in [0.1, 0.15) is 38.1 Å². The first-order chi connectivity index (χ1) is 12.2. The molecule has 0 spiro atoms. The first-order valence-electron chi connectivity index (χ1n) is 8.01.